The molecule has 12 heteroatoms. The molecule has 0 saturated heterocycles. The Kier molecular flexibility index (Phi) is 8.57. The normalized spacial score (nSPS) is 14.9. The van der Waals surface area contributed by atoms with Gasteiger partial charge in [-0.15, -0.1) is 0 Å². The molecule has 0 spiro atoms. The van der Waals surface area contributed by atoms with Crippen LogP contribution in [0.4, 0.5) is 18.9 Å². The van der Waals surface area contributed by atoms with Gasteiger partial charge in [0, 0.05) is 24.7 Å². The molecule has 4 aromatic carbocycles. The molecule has 44 heavy (non-hydrogen) atoms. The van der Waals surface area contributed by atoms with E-state index in [1.807, 2.05) is 30.3 Å². The number of nitrogens with zero attached hydrogens (tertiary/aromatic N) is 2. The molecule has 0 radical (unpaired) electrons. The van der Waals surface area contributed by atoms with E-state index in [0.717, 1.165) is 34.7 Å². The highest BCUT2D eigenvalue weighted by Gasteiger charge is 2.43. The molecule has 0 bridgehead atoms. The molecule has 2 N–H and O–H groups in total. The Morgan fingerprint density at radius 1 is 0.909 bits per heavy atom. The van der Waals surface area contributed by atoms with Crippen molar-refractivity contribution in [2.24, 2.45) is 5.73 Å². The fourth-order valence-electron chi connectivity index (χ4n) is 5.63. The first kappa shape index (κ1) is 30.9. The van der Waals surface area contributed by atoms with Crippen LogP contribution in [0.3, 0.4) is 0 Å². The molecule has 5 rings (SSSR count). The van der Waals surface area contributed by atoms with E-state index in [2.05, 4.69) is 0 Å². The monoisotopic (exact) mass is 623 g/mol. The highest BCUT2D eigenvalue weighted by Crippen LogP contribution is 2.49. The summed E-state index contributed by atoms with van der Waals surface area (Å²) in [7, 11) is -4.34. The van der Waals surface area contributed by atoms with Gasteiger partial charge in [0.25, 0.3) is 5.69 Å². The summed E-state index contributed by atoms with van der Waals surface area (Å²) >= 11 is 0. The predicted molar refractivity (Wildman–Crippen MR) is 158 cm³/mol. The van der Waals surface area contributed by atoms with Gasteiger partial charge in [0.2, 0.25) is 15.7 Å². The summed E-state index contributed by atoms with van der Waals surface area (Å²) in [6.45, 7) is -1.76. The minimum Gasteiger partial charge on any atom is -0.333 e. The maximum atomic E-state index is 14.2. The van der Waals surface area contributed by atoms with Crippen LogP contribution in [0.15, 0.2) is 107 Å². The maximum Gasteiger partial charge on any atom is 0.406 e. The van der Waals surface area contributed by atoms with Gasteiger partial charge >= 0.3 is 6.18 Å². The number of sulfone groups is 1. The second-order valence-electron chi connectivity index (χ2n) is 10.5. The number of carbonyl (C=O) groups excluding carboxylic acids is 1. The van der Waals surface area contributed by atoms with Gasteiger partial charge in [-0.3, -0.25) is 14.9 Å². The zero-order chi connectivity index (χ0) is 31.6. The lowest BCUT2D eigenvalue weighted by molar-refractivity contribution is -0.384. The van der Waals surface area contributed by atoms with E-state index in [0.29, 0.717) is 23.1 Å². The Hall–Kier alpha value is -4.55. The fourth-order valence-corrected chi connectivity index (χ4v) is 7.15. The number of carbonyl (C=O) groups is 1. The number of benzene rings is 4. The van der Waals surface area contributed by atoms with Gasteiger partial charge in [0.15, 0.2) is 0 Å². The van der Waals surface area contributed by atoms with Crippen molar-refractivity contribution in [2.45, 2.75) is 40.8 Å². The molecule has 1 amide bonds. The molecule has 228 valence electrons. The van der Waals surface area contributed by atoms with Crippen molar-refractivity contribution in [2.75, 3.05) is 13.1 Å². The average Bonchev–Trinajstić information content (AvgIpc) is 3.34. The van der Waals surface area contributed by atoms with E-state index in [1.54, 1.807) is 30.3 Å². The van der Waals surface area contributed by atoms with Crippen LogP contribution in [0.25, 0.3) is 11.1 Å². The second kappa shape index (κ2) is 12.2. The highest BCUT2D eigenvalue weighted by molar-refractivity contribution is 7.91. The van der Waals surface area contributed by atoms with Crippen molar-refractivity contribution < 1.29 is 31.3 Å². The average molecular weight is 624 g/mol. The summed E-state index contributed by atoms with van der Waals surface area (Å²) in [5, 5.41) is 11.1. The van der Waals surface area contributed by atoms with Gasteiger partial charge in [-0.05, 0) is 58.9 Å². The number of fused-ring (bicyclic) bond motifs is 3. The fraction of sp³-hybridized carbons (Fsp3) is 0.219. The molecule has 2 unspecified atom stereocenters. The van der Waals surface area contributed by atoms with Crippen molar-refractivity contribution in [3.05, 3.63) is 124 Å². The van der Waals surface area contributed by atoms with Crippen LogP contribution in [-0.4, -0.2) is 43.4 Å². The Labute approximate surface area is 252 Å². The molecule has 4 aromatic rings. The van der Waals surface area contributed by atoms with E-state index in [1.165, 1.54) is 12.1 Å². The summed E-state index contributed by atoms with van der Waals surface area (Å²) in [4.78, 5) is 24.8. The Bertz CT molecular complexity index is 1800. The van der Waals surface area contributed by atoms with E-state index in [9.17, 15) is 36.5 Å². The van der Waals surface area contributed by atoms with Crippen LogP contribution in [0.1, 0.15) is 41.5 Å². The van der Waals surface area contributed by atoms with Crippen LogP contribution in [0.2, 0.25) is 0 Å². The van der Waals surface area contributed by atoms with Crippen LogP contribution in [0, 0.1) is 10.1 Å². The Morgan fingerprint density at radius 3 is 2.20 bits per heavy atom. The smallest absolute Gasteiger partial charge is 0.333 e. The van der Waals surface area contributed by atoms with E-state index in [-0.39, 0.29) is 34.0 Å². The van der Waals surface area contributed by atoms with Gasteiger partial charge in [0.1, 0.15) is 6.54 Å². The van der Waals surface area contributed by atoms with Gasteiger partial charge < -0.3 is 10.6 Å². The summed E-state index contributed by atoms with van der Waals surface area (Å²) in [6.07, 6.45) is -4.20. The number of nitro benzene ring substituents is 1. The molecule has 1 aliphatic rings. The lowest BCUT2D eigenvalue weighted by atomic mass is 9.95. The minimum atomic E-state index is -4.71. The number of alkyl halides is 3. The van der Waals surface area contributed by atoms with Gasteiger partial charge in [-0.1, -0.05) is 66.7 Å². The first-order chi connectivity index (χ1) is 20.9. The number of non-ortho nitro benzene ring substituents is 1. The third kappa shape index (κ3) is 6.22. The zero-order valence-electron chi connectivity index (χ0n) is 23.3. The standard InChI is InChI=1S/C32H28F3N3O5S/c33-32(34,35)20-37(19-7-13-27(36)21-8-2-1-3-9-21)31(39)30-26-11-5-4-10-24(26)25-12-6-14-28(29(25)30)44(42,43)23-17-15-22(16-18-23)38(40)41/h1-6,8-12,14-18,27,30H,7,13,19-20,36H2. The summed E-state index contributed by atoms with van der Waals surface area (Å²) in [6, 6.07) is 24.0. The van der Waals surface area contributed by atoms with Crippen molar-refractivity contribution in [3.8, 4) is 11.1 Å². The van der Waals surface area contributed by atoms with Crippen LogP contribution in [-0.2, 0) is 14.6 Å². The van der Waals surface area contributed by atoms with E-state index in [4.69, 9.17) is 5.73 Å². The van der Waals surface area contributed by atoms with E-state index < -0.39 is 45.3 Å². The number of halogens is 3. The van der Waals surface area contributed by atoms with Crippen molar-refractivity contribution in [1.82, 2.24) is 4.90 Å². The van der Waals surface area contributed by atoms with Crippen LogP contribution >= 0.6 is 0 Å². The summed E-state index contributed by atoms with van der Waals surface area (Å²) < 4.78 is 69.2. The van der Waals surface area contributed by atoms with Crippen LogP contribution in [0.5, 0.6) is 0 Å². The Balaban J connectivity index is 1.53. The highest BCUT2D eigenvalue weighted by atomic mass is 32.2. The zero-order valence-corrected chi connectivity index (χ0v) is 24.1. The van der Waals surface area contributed by atoms with Crippen molar-refractivity contribution in [3.63, 3.8) is 0 Å². The SMILES string of the molecule is NC(CCCN(CC(F)(F)F)C(=O)C1c2ccccc2-c2cccc(S(=O)(=O)c3ccc([N+](=O)[O-])cc3)c21)c1ccccc1. The Morgan fingerprint density at radius 2 is 1.55 bits per heavy atom. The van der Waals surface area contributed by atoms with Crippen molar-refractivity contribution in [1.29, 1.82) is 0 Å². The minimum absolute atomic E-state index is 0.0743. The largest absolute Gasteiger partial charge is 0.406 e. The molecule has 2 atom stereocenters. The molecule has 0 fully saturated rings. The van der Waals surface area contributed by atoms with E-state index >= 15 is 0 Å². The van der Waals surface area contributed by atoms with Gasteiger partial charge in [-0.25, -0.2) is 8.42 Å². The van der Waals surface area contributed by atoms with Gasteiger partial charge in [0.05, 0.1) is 20.6 Å². The molecular weight excluding hydrogens is 595 g/mol. The number of hydrogen-bond donors (Lipinski definition) is 1. The molecular formula is C32H28F3N3O5S. The quantitative estimate of drug-likeness (QED) is 0.161. The topological polar surface area (TPSA) is 124 Å². The molecule has 1 aliphatic carbocycles. The maximum absolute atomic E-state index is 14.2. The number of amides is 1. The number of nitrogens with two attached hydrogens (primary N) is 1. The van der Waals surface area contributed by atoms with Gasteiger partial charge in [-0.2, -0.15) is 13.2 Å². The lowest BCUT2D eigenvalue weighted by Gasteiger charge is -2.28. The third-order valence-corrected chi connectivity index (χ3v) is 9.49. The first-order valence-corrected chi connectivity index (χ1v) is 15.2. The predicted octanol–water partition coefficient (Wildman–Crippen LogP) is 6.41. The van der Waals surface area contributed by atoms with Crippen LogP contribution < -0.4 is 5.73 Å². The third-order valence-electron chi connectivity index (χ3n) is 7.66. The summed E-state index contributed by atoms with van der Waals surface area (Å²) in [5.74, 6) is -2.21. The number of nitro groups is 1. The second-order valence-corrected chi connectivity index (χ2v) is 12.4. The van der Waals surface area contributed by atoms with Crippen molar-refractivity contribution >= 4 is 21.4 Å². The molecule has 0 saturated carbocycles. The number of rotatable bonds is 10. The number of hydrogen-bond acceptors (Lipinski definition) is 6. The molecule has 0 heterocycles. The first-order valence-electron chi connectivity index (χ1n) is 13.8. The molecule has 0 aliphatic heterocycles. The molecule has 8 nitrogen and oxygen atoms in total. The summed E-state index contributed by atoms with van der Waals surface area (Å²) in [5.41, 5.74) is 8.19. The lowest BCUT2D eigenvalue weighted by Crippen LogP contribution is -2.42. The molecule has 0 aromatic heterocycles.